The molecular formula is C15H22N4O. The first-order valence-electron chi connectivity index (χ1n) is 7.41. The van der Waals surface area contributed by atoms with Crippen LogP contribution in [0.3, 0.4) is 0 Å². The number of hydrogen-bond acceptors (Lipinski definition) is 4. The number of nitrogens with zero attached hydrogens (tertiary/aromatic N) is 3. The average molecular weight is 274 g/mol. The van der Waals surface area contributed by atoms with Gasteiger partial charge < -0.3 is 10.2 Å². The second-order valence-electron chi connectivity index (χ2n) is 5.67. The summed E-state index contributed by atoms with van der Waals surface area (Å²) in [5.74, 6) is 0.120. The van der Waals surface area contributed by atoms with E-state index in [4.69, 9.17) is 0 Å². The lowest BCUT2D eigenvalue weighted by Gasteiger charge is -2.32. The molecule has 5 nitrogen and oxygen atoms in total. The topological polar surface area (TPSA) is 48.5 Å². The number of carbonyl (C=O) groups excluding carboxylic acids is 1. The Hall–Kier alpha value is -1.46. The molecule has 1 aromatic heterocycles. The van der Waals surface area contributed by atoms with Crippen LogP contribution in [0, 0.1) is 6.92 Å². The predicted octanol–water partition coefficient (Wildman–Crippen LogP) is 0.510. The van der Waals surface area contributed by atoms with Gasteiger partial charge in [0.25, 0.3) is 5.91 Å². The first kappa shape index (κ1) is 13.5. The highest BCUT2D eigenvalue weighted by Crippen LogP contribution is 2.18. The molecule has 1 atom stereocenters. The summed E-state index contributed by atoms with van der Waals surface area (Å²) in [7, 11) is 0. The third-order valence-electron chi connectivity index (χ3n) is 4.28. The quantitative estimate of drug-likeness (QED) is 0.854. The molecule has 0 aliphatic carbocycles. The number of rotatable bonds is 2. The number of likely N-dealkylation sites (tertiary alicyclic amines) is 1. The van der Waals surface area contributed by atoms with Crippen LogP contribution in [-0.4, -0.2) is 66.0 Å². The minimum atomic E-state index is 0.120. The van der Waals surface area contributed by atoms with Crippen molar-refractivity contribution in [1.82, 2.24) is 20.1 Å². The van der Waals surface area contributed by atoms with Crippen LogP contribution in [0.2, 0.25) is 0 Å². The van der Waals surface area contributed by atoms with Crippen molar-refractivity contribution in [2.45, 2.75) is 19.4 Å². The van der Waals surface area contributed by atoms with Gasteiger partial charge in [0.1, 0.15) is 0 Å². The van der Waals surface area contributed by atoms with Crippen molar-refractivity contribution in [3.05, 3.63) is 29.6 Å². The zero-order valence-electron chi connectivity index (χ0n) is 12.0. The van der Waals surface area contributed by atoms with Crippen LogP contribution in [0.4, 0.5) is 0 Å². The highest BCUT2D eigenvalue weighted by molar-refractivity contribution is 5.94. The van der Waals surface area contributed by atoms with Gasteiger partial charge in [-0.3, -0.25) is 14.7 Å². The summed E-state index contributed by atoms with van der Waals surface area (Å²) in [5.41, 5.74) is 1.65. The molecule has 2 saturated heterocycles. The molecule has 3 heterocycles. The van der Waals surface area contributed by atoms with Crippen molar-refractivity contribution in [2.24, 2.45) is 0 Å². The molecule has 108 valence electrons. The molecule has 3 rings (SSSR count). The Bertz CT molecular complexity index is 467. The molecule has 0 spiro atoms. The van der Waals surface area contributed by atoms with Crippen molar-refractivity contribution in [3.8, 4) is 0 Å². The van der Waals surface area contributed by atoms with Crippen LogP contribution >= 0.6 is 0 Å². The monoisotopic (exact) mass is 274 g/mol. The van der Waals surface area contributed by atoms with E-state index in [0.717, 1.165) is 51.4 Å². The smallest absolute Gasteiger partial charge is 0.255 e. The molecule has 20 heavy (non-hydrogen) atoms. The van der Waals surface area contributed by atoms with Crippen LogP contribution in [0.5, 0.6) is 0 Å². The normalized spacial score (nSPS) is 24.1. The number of amides is 1. The van der Waals surface area contributed by atoms with Crippen LogP contribution in [-0.2, 0) is 0 Å². The fraction of sp³-hybridized carbons (Fsp3) is 0.600. The van der Waals surface area contributed by atoms with E-state index >= 15 is 0 Å². The van der Waals surface area contributed by atoms with Crippen LogP contribution < -0.4 is 5.32 Å². The lowest BCUT2D eigenvalue weighted by molar-refractivity contribution is 0.0773. The molecule has 5 heteroatoms. The number of nitrogens with one attached hydrogen (secondary N) is 1. The number of piperazine rings is 1. The molecule has 1 amide bonds. The Balaban J connectivity index is 1.61. The lowest BCUT2D eigenvalue weighted by atomic mass is 10.2. The van der Waals surface area contributed by atoms with E-state index in [9.17, 15) is 4.79 Å². The van der Waals surface area contributed by atoms with Crippen molar-refractivity contribution < 1.29 is 4.79 Å². The van der Waals surface area contributed by atoms with Crippen molar-refractivity contribution in [2.75, 3.05) is 39.3 Å². The highest BCUT2D eigenvalue weighted by atomic mass is 16.2. The number of pyridine rings is 1. The van der Waals surface area contributed by atoms with Crippen molar-refractivity contribution in [3.63, 3.8) is 0 Å². The Kier molecular flexibility index (Phi) is 3.98. The fourth-order valence-electron chi connectivity index (χ4n) is 3.05. The summed E-state index contributed by atoms with van der Waals surface area (Å²) < 4.78 is 0. The maximum absolute atomic E-state index is 12.4. The Morgan fingerprint density at radius 3 is 2.80 bits per heavy atom. The SMILES string of the molecule is Cc1ccc(C(=O)N2CCC(N3CCNCC3)C2)cn1. The van der Waals surface area contributed by atoms with E-state index in [-0.39, 0.29) is 5.91 Å². The second kappa shape index (κ2) is 5.89. The van der Waals surface area contributed by atoms with Gasteiger partial charge in [-0.05, 0) is 25.5 Å². The average Bonchev–Trinajstić information content (AvgIpc) is 2.98. The minimum absolute atomic E-state index is 0.120. The molecule has 1 aromatic rings. The summed E-state index contributed by atoms with van der Waals surface area (Å²) >= 11 is 0. The molecule has 0 saturated carbocycles. The van der Waals surface area contributed by atoms with Gasteiger partial charge in [0.2, 0.25) is 0 Å². The van der Waals surface area contributed by atoms with E-state index in [1.54, 1.807) is 6.20 Å². The standard InChI is InChI=1S/C15H22N4O/c1-12-2-3-13(10-17-12)15(20)19-7-4-14(11-19)18-8-5-16-6-9-18/h2-3,10,14,16H,4-9,11H2,1H3. The Morgan fingerprint density at radius 1 is 1.30 bits per heavy atom. The van der Waals surface area contributed by atoms with E-state index < -0.39 is 0 Å². The zero-order valence-corrected chi connectivity index (χ0v) is 12.0. The van der Waals surface area contributed by atoms with E-state index in [1.807, 2.05) is 24.0 Å². The number of aromatic nitrogens is 1. The van der Waals surface area contributed by atoms with Crippen LogP contribution in [0.1, 0.15) is 22.5 Å². The molecule has 2 fully saturated rings. The van der Waals surface area contributed by atoms with E-state index in [2.05, 4.69) is 15.2 Å². The first-order valence-corrected chi connectivity index (χ1v) is 7.41. The summed E-state index contributed by atoms with van der Waals surface area (Å²) in [6.45, 7) is 7.97. The predicted molar refractivity (Wildman–Crippen MR) is 77.7 cm³/mol. The van der Waals surface area contributed by atoms with Gasteiger partial charge >= 0.3 is 0 Å². The van der Waals surface area contributed by atoms with Gasteiger partial charge in [0.15, 0.2) is 0 Å². The second-order valence-corrected chi connectivity index (χ2v) is 5.67. The number of aryl methyl sites for hydroxylation is 1. The molecule has 1 unspecified atom stereocenters. The third kappa shape index (κ3) is 2.83. The minimum Gasteiger partial charge on any atom is -0.337 e. The van der Waals surface area contributed by atoms with Gasteiger partial charge in [0.05, 0.1) is 5.56 Å². The van der Waals surface area contributed by atoms with Crippen molar-refractivity contribution >= 4 is 5.91 Å². The van der Waals surface area contributed by atoms with Gasteiger partial charge in [-0.1, -0.05) is 0 Å². The van der Waals surface area contributed by atoms with Gasteiger partial charge in [-0.2, -0.15) is 0 Å². The molecule has 1 N–H and O–H groups in total. The molecular weight excluding hydrogens is 252 g/mol. The molecule has 2 aliphatic heterocycles. The Morgan fingerprint density at radius 2 is 2.10 bits per heavy atom. The fourth-order valence-corrected chi connectivity index (χ4v) is 3.05. The zero-order chi connectivity index (χ0) is 13.9. The third-order valence-corrected chi connectivity index (χ3v) is 4.28. The van der Waals surface area contributed by atoms with E-state index in [0.29, 0.717) is 11.6 Å². The number of carbonyl (C=O) groups is 1. The van der Waals surface area contributed by atoms with Crippen LogP contribution in [0.25, 0.3) is 0 Å². The largest absolute Gasteiger partial charge is 0.337 e. The van der Waals surface area contributed by atoms with Gasteiger partial charge in [-0.25, -0.2) is 0 Å². The molecule has 0 radical (unpaired) electrons. The van der Waals surface area contributed by atoms with Gasteiger partial charge in [0, 0.05) is 57.2 Å². The maximum Gasteiger partial charge on any atom is 0.255 e. The van der Waals surface area contributed by atoms with Crippen LogP contribution in [0.15, 0.2) is 18.3 Å². The number of hydrogen-bond donors (Lipinski definition) is 1. The first-order chi connectivity index (χ1) is 9.74. The molecule has 2 aliphatic rings. The molecule has 0 bridgehead atoms. The summed E-state index contributed by atoms with van der Waals surface area (Å²) in [6.07, 6.45) is 2.78. The maximum atomic E-state index is 12.4. The summed E-state index contributed by atoms with van der Waals surface area (Å²) in [5, 5.41) is 3.37. The Labute approximate surface area is 120 Å². The van der Waals surface area contributed by atoms with Gasteiger partial charge in [-0.15, -0.1) is 0 Å². The highest BCUT2D eigenvalue weighted by Gasteiger charge is 2.31. The lowest BCUT2D eigenvalue weighted by Crippen LogP contribution is -2.49. The summed E-state index contributed by atoms with van der Waals surface area (Å²) in [6, 6.07) is 4.30. The summed E-state index contributed by atoms with van der Waals surface area (Å²) in [4.78, 5) is 21.1. The van der Waals surface area contributed by atoms with E-state index in [1.165, 1.54) is 0 Å². The molecule has 0 aromatic carbocycles. The van der Waals surface area contributed by atoms with Crippen molar-refractivity contribution in [1.29, 1.82) is 0 Å².